The molecule has 7 nitrogen and oxygen atoms in total. The van der Waals surface area contributed by atoms with E-state index in [1.54, 1.807) is 24.5 Å². The second kappa shape index (κ2) is 9.31. The smallest absolute Gasteiger partial charge is 0.427 e. The Kier molecular flexibility index (Phi) is 6.59. The summed E-state index contributed by atoms with van der Waals surface area (Å²) < 4.78 is 4.86. The van der Waals surface area contributed by atoms with Crippen molar-refractivity contribution in [3.8, 4) is 0 Å². The number of rotatable bonds is 4. The molecule has 1 amide bonds. The third kappa shape index (κ3) is 4.44. The van der Waals surface area contributed by atoms with Gasteiger partial charge >= 0.3 is 7.12 Å². The average Bonchev–Trinajstić information content (AvgIpc) is 2.76. The molecule has 0 saturated carbocycles. The molecule has 0 radical (unpaired) electrons. The standard InChI is InChI=1S/C19H17BN4O3.C2H6/c21-9-17(13-1-2-15-11-23-27-20(26)18(15)8-13)19(25)24-16-4-3-14-10-22-6-5-12(14)7-16;1-2/h1-8,10-11,17,26H,9,21H2,(H,24,25);1-2H3. The molecule has 1 atom stereocenters. The zero-order chi connectivity index (χ0) is 20.8. The molecule has 8 heteroatoms. The Labute approximate surface area is 169 Å². The molecule has 1 aliphatic heterocycles. The maximum absolute atomic E-state index is 12.8. The van der Waals surface area contributed by atoms with Crippen LogP contribution in [-0.4, -0.2) is 35.8 Å². The number of nitrogens with one attached hydrogen (secondary N) is 1. The van der Waals surface area contributed by atoms with Crippen molar-refractivity contribution >= 4 is 41.2 Å². The molecule has 29 heavy (non-hydrogen) atoms. The normalized spacial score (nSPS) is 13.0. The summed E-state index contributed by atoms with van der Waals surface area (Å²) in [6.45, 7) is 4.13. The molecular weight excluding hydrogens is 367 g/mol. The zero-order valence-corrected chi connectivity index (χ0v) is 16.4. The summed E-state index contributed by atoms with van der Waals surface area (Å²) >= 11 is 0. The predicted octanol–water partition coefficient (Wildman–Crippen LogP) is 1.99. The average molecular weight is 390 g/mol. The molecule has 2 aromatic carbocycles. The molecule has 4 rings (SSSR count). The van der Waals surface area contributed by atoms with Crippen LogP contribution in [0, 0.1) is 0 Å². The first kappa shape index (κ1) is 20.5. The minimum Gasteiger partial charge on any atom is -0.427 e. The van der Waals surface area contributed by atoms with Gasteiger partial charge in [0.05, 0.1) is 12.1 Å². The highest BCUT2D eigenvalue weighted by molar-refractivity contribution is 6.62. The minimum atomic E-state index is -1.15. The number of hydrogen-bond donors (Lipinski definition) is 3. The van der Waals surface area contributed by atoms with Crippen LogP contribution in [0.3, 0.4) is 0 Å². The quantitative estimate of drug-likeness (QED) is 0.591. The van der Waals surface area contributed by atoms with Gasteiger partial charge in [-0.25, -0.2) is 0 Å². The van der Waals surface area contributed by atoms with Crippen LogP contribution in [0.4, 0.5) is 5.69 Å². The van der Waals surface area contributed by atoms with Crippen molar-refractivity contribution in [2.75, 3.05) is 11.9 Å². The largest absolute Gasteiger partial charge is 0.583 e. The lowest BCUT2D eigenvalue weighted by atomic mass is 9.74. The lowest BCUT2D eigenvalue weighted by Gasteiger charge is -2.19. The topological polar surface area (TPSA) is 110 Å². The fourth-order valence-electron chi connectivity index (χ4n) is 3.13. The molecule has 4 N–H and O–H groups in total. The molecular formula is C21H23BN4O3. The fourth-order valence-corrected chi connectivity index (χ4v) is 3.13. The van der Waals surface area contributed by atoms with Gasteiger partial charge in [-0.1, -0.05) is 38.1 Å². The first-order valence-corrected chi connectivity index (χ1v) is 9.51. The summed E-state index contributed by atoms with van der Waals surface area (Å²) in [6, 6.07) is 12.8. The van der Waals surface area contributed by atoms with Crippen LogP contribution in [-0.2, 0) is 9.55 Å². The van der Waals surface area contributed by atoms with Crippen LogP contribution in [0.25, 0.3) is 10.8 Å². The van der Waals surface area contributed by atoms with Crippen LogP contribution in [0.1, 0.15) is 30.9 Å². The van der Waals surface area contributed by atoms with Gasteiger partial charge in [-0.3, -0.25) is 9.78 Å². The Hall–Kier alpha value is -3.23. The van der Waals surface area contributed by atoms with Crippen LogP contribution in [0.5, 0.6) is 0 Å². The third-order valence-corrected chi connectivity index (χ3v) is 4.59. The van der Waals surface area contributed by atoms with Crippen molar-refractivity contribution < 1.29 is 14.6 Å². The number of hydrogen-bond acceptors (Lipinski definition) is 6. The van der Waals surface area contributed by atoms with Crippen LogP contribution >= 0.6 is 0 Å². The van der Waals surface area contributed by atoms with Gasteiger partial charge in [0.1, 0.15) is 0 Å². The highest BCUT2D eigenvalue weighted by atomic mass is 16.6. The van der Waals surface area contributed by atoms with Gasteiger partial charge in [-0.05, 0) is 34.7 Å². The van der Waals surface area contributed by atoms with E-state index in [4.69, 9.17) is 10.5 Å². The second-order valence-corrected chi connectivity index (χ2v) is 6.30. The zero-order valence-electron chi connectivity index (χ0n) is 16.4. The number of nitrogens with two attached hydrogens (primary N) is 1. The Morgan fingerprint density at radius 2 is 2.03 bits per heavy atom. The fraction of sp³-hybridized carbons (Fsp3) is 0.190. The number of oxime groups is 1. The maximum Gasteiger partial charge on any atom is 0.583 e. The van der Waals surface area contributed by atoms with E-state index in [9.17, 15) is 9.82 Å². The third-order valence-electron chi connectivity index (χ3n) is 4.59. The van der Waals surface area contributed by atoms with Gasteiger partial charge in [0.15, 0.2) is 0 Å². The predicted molar refractivity (Wildman–Crippen MR) is 116 cm³/mol. The highest BCUT2D eigenvalue weighted by Crippen LogP contribution is 2.21. The first-order chi connectivity index (χ1) is 14.2. The number of carbonyl (C=O) groups is 1. The number of fused-ring (bicyclic) bond motifs is 2. The summed E-state index contributed by atoms with van der Waals surface area (Å²) in [5.74, 6) is -0.778. The van der Waals surface area contributed by atoms with E-state index in [1.807, 2.05) is 44.2 Å². The number of anilines is 1. The summed E-state index contributed by atoms with van der Waals surface area (Å²) in [5.41, 5.74) is 8.57. The van der Waals surface area contributed by atoms with Gasteiger partial charge in [0.25, 0.3) is 0 Å². The Morgan fingerprint density at radius 3 is 2.83 bits per heavy atom. The Bertz CT molecular complexity index is 1040. The minimum absolute atomic E-state index is 0.132. The van der Waals surface area contributed by atoms with Crippen molar-refractivity contribution in [1.29, 1.82) is 0 Å². The maximum atomic E-state index is 12.8. The van der Waals surface area contributed by atoms with Crippen molar-refractivity contribution in [2.45, 2.75) is 19.8 Å². The van der Waals surface area contributed by atoms with Crippen molar-refractivity contribution in [3.05, 3.63) is 66.0 Å². The lowest BCUT2D eigenvalue weighted by molar-refractivity contribution is -0.117. The molecule has 0 saturated heterocycles. The Balaban J connectivity index is 0.00000117. The van der Waals surface area contributed by atoms with Gasteiger partial charge in [-0.2, -0.15) is 0 Å². The molecule has 0 spiro atoms. The molecule has 3 aromatic rings. The van der Waals surface area contributed by atoms with E-state index in [1.165, 1.54) is 6.21 Å². The van der Waals surface area contributed by atoms with E-state index >= 15 is 0 Å². The molecule has 1 aromatic heterocycles. The first-order valence-electron chi connectivity index (χ1n) is 9.51. The molecule has 0 bridgehead atoms. The monoisotopic (exact) mass is 390 g/mol. The van der Waals surface area contributed by atoms with Crippen LogP contribution in [0.15, 0.2) is 60.0 Å². The molecule has 1 aliphatic rings. The summed E-state index contributed by atoms with van der Waals surface area (Å²) in [5, 5.41) is 18.5. The van der Waals surface area contributed by atoms with Gasteiger partial charge in [-0.15, -0.1) is 5.16 Å². The summed E-state index contributed by atoms with van der Waals surface area (Å²) in [6.07, 6.45) is 5.00. The molecule has 2 heterocycles. The number of benzene rings is 2. The van der Waals surface area contributed by atoms with Crippen molar-refractivity contribution in [2.24, 2.45) is 10.9 Å². The number of carbonyl (C=O) groups excluding carboxylic acids is 1. The van der Waals surface area contributed by atoms with E-state index in [-0.39, 0.29) is 12.5 Å². The van der Waals surface area contributed by atoms with E-state index in [2.05, 4.69) is 15.5 Å². The van der Waals surface area contributed by atoms with Crippen LogP contribution < -0.4 is 16.5 Å². The number of nitrogens with zero attached hydrogens (tertiary/aromatic N) is 2. The van der Waals surface area contributed by atoms with E-state index in [0.29, 0.717) is 16.7 Å². The van der Waals surface area contributed by atoms with Crippen LogP contribution in [0.2, 0.25) is 0 Å². The van der Waals surface area contributed by atoms with Gasteiger partial charge < -0.3 is 20.8 Å². The highest BCUT2D eigenvalue weighted by Gasteiger charge is 2.28. The molecule has 1 unspecified atom stereocenters. The van der Waals surface area contributed by atoms with E-state index in [0.717, 1.165) is 16.3 Å². The lowest BCUT2D eigenvalue weighted by Crippen LogP contribution is -2.38. The van der Waals surface area contributed by atoms with Gasteiger partial charge in [0.2, 0.25) is 5.91 Å². The number of amides is 1. The van der Waals surface area contributed by atoms with Gasteiger partial charge in [0, 0.05) is 35.5 Å². The molecule has 0 fully saturated rings. The van der Waals surface area contributed by atoms with Crippen molar-refractivity contribution in [3.63, 3.8) is 0 Å². The van der Waals surface area contributed by atoms with Crippen molar-refractivity contribution in [1.82, 2.24) is 4.98 Å². The SMILES string of the molecule is CC.NCC(C(=O)Nc1ccc2cnccc2c1)c1ccc2c(c1)B(O)ON=C2. The number of pyridine rings is 1. The molecule has 0 aliphatic carbocycles. The second-order valence-electron chi connectivity index (χ2n) is 6.30. The summed E-state index contributed by atoms with van der Waals surface area (Å²) in [7, 11) is -1.15. The van der Waals surface area contributed by atoms with E-state index < -0.39 is 13.0 Å². The number of aromatic nitrogens is 1. The Morgan fingerprint density at radius 1 is 1.21 bits per heavy atom. The molecule has 148 valence electrons. The summed E-state index contributed by atoms with van der Waals surface area (Å²) in [4.78, 5) is 16.9.